The fourth-order valence-electron chi connectivity index (χ4n) is 0.211. The Morgan fingerprint density at radius 2 is 2.12 bits per heavy atom. The van der Waals surface area contributed by atoms with Gasteiger partial charge in [0, 0.05) is 5.97 Å². The molecule has 0 aromatic heterocycles. The molecule has 0 fully saturated rings. The first-order chi connectivity index (χ1) is 3.27. The van der Waals surface area contributed by atoms with Crippen LogP contribution >= 0.6 is 0 Å². The number of hydrogen-bond donors (Lipinski definition) is 0. The van der Waals surface area contributed by atoms with Gasteiger partial charge in [0.15, 0.2) is 0 Å². The van der Waals surface area contributed by atoms with Crippen LogP contribution < -0.4 is 5.11 Å². The maximum Gasteiger partial charge on any atom is 1.00 e. The second kappa shape index (κ2) is 7.14. The molecule has 0 aliphatic rings. The van der Waals surface area contributed by atoms with E-state index in [9.17, 15) is 14.3 Å². The molecule has 52 valence electrons. The van der Waals surface area contributed by atoms with E-state index in [1.807, 2.05) is 0 Å². The second-order valence-corrected chi connectivity index (χ2v) is 1.16. The molecule has 0 saturated carbocycles. The van der Waals surface area contributed by atoms with Crippen LogP contribution in [-0.4, -0.2) is 12.6 Å². The normalized spacial score (nSPS) is 7.62. The van der Waals surface area contributed by atoms with Crippen molar-refractivity contribution in [3.8, 4) is 0 Å². The number of halogens is 1. The fraction of sp³-hybridized carbons (Fsp3) is 0.750. The molecule has 0 aromatic rings. The summed E-state index contributed by atoms with van der Waals surface area (Å²) in [4.78, 5) is 9.48. The zero-order valence-electron chi connectivity index (χ0n) is 4.12. The average Bonchev–Trinajstić information content (AvgIpc) is 1.61. The Morgan fingerprint density at radius 3 is 2.25 bits per heavy atom. The first kappa shape index (κ1) is 11.0. The van der Waals surface area contributed by atoms with E-state index in [0.717, 1.165) is 0 Å². The van der Waals surface area contributed by atoms with Crippen LogP contribution in [0.2, 0.25) is 0 Å². The smallest absolute Gasteiger partial charge is 0.550 e. The molecule has 0 amide bonds. The Morgan fingerprint density at radius 1 is 1.62 bits per heavy atom. The Hall–Kier alpha value is 0.140. The summed E-state index contributed by atoms with van der Waals surface area (Å²) in [6.07, 6.45) is -0.0984. The minimum Gasteiger partial charge on any atom is -0.550 e. The zero-order valence-corrected chi connectivity index (χ0v) is 5.60. The van der Waals surface area contributed by atoms with Crippen molar-refractivity contribution in [2.24, 2.45) is 0 Å². The molecule has 0 heterocycles. The summed E-state index contributed by atoms with van der Waals surface area (Å²) in [5, 5.41) is 9.48. The molecule has 0 bridgehead atoms. The molecule has 0 aliphatic heterocycles. The van der Waals surface area contributed by atoms with Gasteiger partial charge in [0.2, 0.25) is 0 Å². The quantitative estimate of drug-likeness (QED) is 0.592. The third-order valence-electron chi connectivity index (χ3n) is 0.515. The Balaban J connectivity index is 0. The molecule has 0 radical (unpaired) electrons. The predicted octanol–water partition coefficient (Wildman–Crippen LogP) is -0.517. The van der Waals surface area contributed by atoms with E-state index in [1.54, 1.807) is 0 Å². The van der Waals surface area contributed by atoms with Crippen LogP contribution in [0.3, 0.4) is 0 Å². The number of carboxylic acid groups (broad SMARTS) is 1. The SMILES string of the molecule is O=C([O-])CCCF.[Ag+]. The van der Waals surface area contributed by atoms with Crippen molar-refractivity contribution in [3.63, 3.8) is 0 Å². The van der Waals surface area contributed by atoms with Gasteiger partial charge in [-0.1, -0.05) is 0 Å². The molecular formula is C4H6AgFO2. The van der Waals surface area contributed by atoms with Gasteiger partial charge in [0.25, 0.3) is 0 Å². The van der Waals surface area contributed by atoms with Crippen molar-refractivity contribution >= 4 is 5.97 Å². The fourth-order valence-corrected chi connectivity index (χ4v) is 0.211. The van der Waals surface area contributed by atoms with Gasteiger partial charge >= 0.3 is 22.4 Å². The number of rotatable bonds is 3. The van der Waals surface area contributed by atoms with Gasteiger partial charge in [0.05, 0.1) is 6.67 Å². The van der Waals surface area contributed by atoms with Crippen molar-refractivity contribution < 1.29 is 36.7 Å². The van der Waals surface area contributed by atoms with Crippen molar-refractivity contribution in [3.05, 3.63) is 0 Å². The van der Waals surface area contributed by atoms with E-state index in [1.165, 1.54) is 0 Å². The molecule has 0 N–H and O–H groups in total. The maximum atomic E-state index is 11.1. The number of alkyl halides is 1. The predicted molar refractivity (Wildman–Crippen MR) is 20.2 cm³/mol. The minimum absolute atomic E-state index is 0. The Bertz CT molecular complexity index is 67.1. The summed E-state index contributed by atoms with van der Waals surface area (Å²) in [6.45, 7) is -0.575. The van der Waals surface area contributed by atoms with Crippen LogP contribution in [0.5, 0.6) is 0 Å². The van der Waals surface area contributed by atoms with Crippen molar-refractivity contribution in [1.29, 1.82) is 0 Å². The topological polar surface area (TPSA) is 40.1 Å². The average molecular weight is 213 g/mol. The number of carboxylic acids is 1. The van der Waals surface area contributed by atoms with Crippen molar-refractivity contribution in [2.75, 3.05) is 6.67 Å². The van der Waals surface area contributed by atoms with E-state index in [0.29, 0.717) is 0 Å². The van der Waals surface area contributed by atoms with Crippen molar-refractivity contribution in [1.82, 2.24) is 0 Å². The van der Waals surface area contributed by atoms with E-state index in [4.69, 9.17) is 0 Å². The van der Waals surface area contributed by atoms with Gasteiger partial charge in [-0.3, -0.25) is 4.39 Å². The van der Waals surface area contributed by atoms with Gasteiger partial charge in [-0.05, 0) is 12.8 Å². The monoisotopic (exact) mass is 212 g/mol. The zero-order chi connectivity index (χ0) is 5.70. The molecule has 4 heteroatoms. The summed E-state index contributed by atoms with van der Waals surface area (Å²) in [6, 6.07) is 0. The number of hydrogen-bond acceptors (Lipinski definition) is 2. The van der Waals surface area contributed by atoms with E-state index >= 15 is 0 Å². The summed E-state index contributed by atoms with van der Waals surface area (Å²) >= 11 is 0. The van der Waals surface area contributed by atoms with Gasteiger partial charge in [-0.25, -0.2) is 0 Å². The van der Waals surface area contributed by atoms with Crippen LogP contribution in [0.25, 0.3) is 0 Å². The molecular weight excluding hydrogens is 207 g/mol. The number of aliphatic carboxylic acids is 1. The molecule has 0 aromatic carbocycles. The van der Waals surface area contributed by atoms with Crippen LogP contribution in [0.15, 0.2) is 0 Å². The third kappa shape index (κ3) is 9.46. The van der Waals surface area contributed by atoms with Gasteiger partial charge in [-0.2, -0.15) is 0 Å². The first-order valence-corrected chi connectivity index (χ1v) is 2.03. The third-order valence-corrected chi connectivity index (χ3v) is 0.515. The van der Waals surface area contributed by atoms with Crippen LogP contribution in [0, 0.1) is 0 Å². The number of carbonyl (C=O) groups is 1. The van der Waals surface area contributed by atoms with Gasteiger partial charge in [0.1, 0.15) is 0 Å². The minimum atomic E-state index is -1.18. The number of carbonyl (C=O) groups excluding carboxylic acids is 1. The van der Waals surface area contributed by atoms with Crippen LogP contribution in [0.4, 0.5) is 4.39 Å². The molecule has 0 spiro atoms. The summed E-state index contributed by atoms with van der Waals surface area (Å²) in [5.41, 5.74) is 0. The second-order valence-electron chi connectivity index (χ2n) is 1.16. The van der Waals surface area contributed by atoms with E-state index in [2.05, 4.69) is 0 Å². The summed E-state index contributed by atoms with van der Waals surface area (Å²) in [7, 11) is 0. The summed E-state index contributed by atoms with van der Waals surface area (Å²) in [5.74, 6) is -1.18. The van der Waals surface area contributed by atoms with Crippen LogP contribution in [-0.2, 0) is 27.2 Å². The Labute approximate surface area is 62.6 Å². The van der Waals surface area contributed by atoms with Gasteiger partial charge in [-0.15, -0.1) is 0 Å². The molecule has 0 rings (SSSR count). The summed E-state index contributed by atoms with van der Waals surface area (Å²) < 4.78 is 11.1. The van der Waals surface area contributed by atoms with E-state index in [-0.39, 0.29) is 35.2 Å². The standard InChI is InChI=1S/C4H7FO2.Ag/c5-3-1-2-4(6)7;/h1-3H2,(H,6,7);/q;+1/p-1. The molecule has 0 aliphatic carbocycles. The molecule has 0 atom stereocenters. The first-order valence-electron chi connectivity index (χ1n) is 2.03. The molecule has 0 saturated heterocycles. The van der Waals surface area contributed by atoms with Gasteiger partial charge < -0.3 is 9.90 Å². The largest absolute Gasteiger partial charge is 1.00 e. The van der Waals surface area contributed by atoms with Crippen LogP contribution in [0.1, 0.15) is 12.8 Å². The molecule has 8 heavy (non-hydrogen) atoms. The molecule has 0 unspecified atom stereocenters. The van der Waals surface area contributed by atoms with E-state index < -0.39 is 12.6 Å². The van der Waals surface area contributed by atoms with Crippen molar-refractivity contribution in [2.45, 2.75) is 12.8 Å². The maximum absolute atomic E-state index is 11.1. The Kier molecular flexibility index (Phi) is 9.82. The molecule has 2 nitrogen and oxygen atoms in total.